The van der Waals surface area contributed by atoms with Crippen LogP contribution in [0.3, 0.4) is 0 Å². The van der Waals surface area contributed by atoms with E-state index in [4.69, 9.17) is 0 Å². The van der Waals surface area contributed by atoms with Crippen molar-refractivity contribution in [2.24, 2.45) is 5.92 Å². The van der Waals surface area contributed by atoms with E-state index in [1.54, 1.807) is 17.1 Å². The third-order valence-corrected chi connectivity index (χ3v) is 3.57. The summed E-state index contributed by atoms with van der Waals surface area (Å²) in [5.74, 6) is 0.551. The van der Waals surface area contributed by atoms with Gasteiger partial charge in [-0.25, -0.2) is 0 Å². The van der Waals surface area contributed by atoms with E-state index >= 15 is 0 Å². The van der Waals surface area contributed by atoms with Crippen LogP contribution in [0, 0.1) is 5.92 Å². The molecule has 3 heteroatoms. The Balaban J connectivity index is 2.47. The Hall–Kier alpha value is -2.29. The molecule has 1 aromatic heterocycles. The fraction of sp³-hybridized carbons (Fsp3) is 0.316. The number of para-hydroxylation sites is 1. The highest BCUT2D eigenvalue weighted by molar-refractivity contribution is 6.07. The van der Waals surface area contributed by atoms with Crippen LogP contribution in [0.5, 0.6) is 0 Å². The molecule has 0 atom stereocenters. The van der Waals surface area contributed by atoms with Gasteiger partial charge in [0.1, 0.15) is 0 Å². The zero-order valence-corrected chi connectivity index (χ0v) is 13.5. The summed E-state index contributed by atoms with van der Waals surface area (Å²) < 4.78 is 2.17. The number of carbonyl (C=O) groups is 1. The summed E-state index contributed by atoms with van der Waals surface area (Å²) in [6, 6.07) is 8.07. The van der Waals surface area contributed by atoms with Gasteiger partial charge in [0, 0.05) is 36.7 Å². The van der Waals surface area contributed by atoms with E-state index in [2.05, 4.69) is 37.6 Å². The summed E-state index contributed by atoms with van der Waals surface area (Å²) in [6.45, 7) is 13.8. The number of nitrogens with zero attached hydrogens (tertiary/aromatic N) is 2. The van der Waals surface area contributed by atoms with Gasteiger partial charge in [-0.3, -0.25) is 4.79 Å². The second kappa shape index (κ2) is 7.12. The van der Waals surface area contributed by atoms with Gasteiger partial charge in [-0.05, 0) is 12.0 Å². The molecule has 22 heavy (non-hydrogen) atoms. The van der Waals surface area contributed by atoms with Crippen LogP contribution < -0.4 is 0 Å². The zero-order valence-electron chi connectivity index (χ0n) is 13.5. The normalized spacial score (nSPS) is 10.9. The van der Waals surface area contributed by atoms with E-state index < -0.39 is 0 Å². The fourth-order valence-corrected chi connectivity index (χ4v) is 2.68. The first-order valence-corrected chi connectivity index (χ1v) is 7.67. The second-order valence-corrected chi connectivity index (χ2v) is 5.89. The van der Waals surface area contributed by atoms with Crippen LogP contribution in [0.1, 0.15) is 24.2 Å². The number of aromatic nitrogens is 1. The van der Waals surface area contributed by atoms with Crippen molar-refractivity contribution in [3.05, 3.63) is 61.3 Å². The highest BCUT2D eigenvalue weighted by atomic mass is 16.2. The maximum absolute atomic E-state index is 12.9. The Morgan fingerprint density at radius 3 is 2.45 bits per heavy atom. The molecule has 0 aliphatic heterocycles. The predicted octanol–water partition coefficient (Wildman–Crippen LogP) is 4.11. The number of hydrogen-bond donors (Lipinski definition) is 0. The monoisotopic (exact) mass is 296 g/mol. The van der Waals surface area contributed by atoms with Crippen molar-refractivity contribution in [3.8, 4) is 0 Å². The fourth-order valence-electron chi connectivity index (χ4n) is 2.68. The molecule has 0 aliphatic carbocycles. The van der Waals surface area contributed by atoms with Crippen molar-refractivity contribution in [1.82, 2.24) is 9.47 Å². The topological polar surface area (TPSA) is 25.2 Å². The van der Waals surface area contributed by atoms with Gasteiger partial charge in [-0.1, -0.05) is 44.2 Å². The van der Waals surface area contributed by atoms with Crippen molar-refractivity contribution >= 4 is 16.8 Å². The van der Waals surface area contributed by atoms with Gasteiger partial charge in [-0.15, -0.1) is 13.2 Å². The third kappa shape index (κ3) is 3.30. The largest absolute Gasteiger partial charge is 0.346 e. The first kappa shape index (κ1) is 16.1. The lowest BCUT2D eigenvalue weighted by molar-refractivity contribution is 0.0792. The lowest BCUT2D eigenvalue weighted by atomic mass is 10.1. The summed E-state index contributed by atoms with van der Waals surface area (Å²) in [6.07, 6.45) is 5.47. The minimum Gasteiger partial charge on any atom is -0.346 e. The first-order chi connectivity index (χ1) is 10.6. The molecule has 0 bridgehead atoms. The number of fused-ring (bicyclic) bond motifs is 1. The minimum absolute atomic E-state index is 0.0264. The van der Waals surface area contributed by atoms with Crippen LogP contribution in [0.2, 0.25) is 0 Å². The molecular formula is C19H24N2O. The van der Waals surface area contributed by atoms with E-state index in [1.807, 2.05) is 24.4 Å². The second-order valence-electron chi connectivity index (χ2n) is 5.89. The van der Waals surface area contributed by atoms with Gasteiger partial charge >= 0.3 is 0 Å². The molecule has 0 saturated carbocycles. The van der Waals surface area contributed by atoms with Crippen LogP contribution >= 0.6 is 0 Å². The molecule has 0 saturated heterocycles. The quantitative estimate of drug-likeness (QED) is 0.706. The Labute approximate surface area is 132 Å². The summed E-state index contributed by atoms with van der Waals surface area (Å²) >= 11 is 0. The van der Waals surface area contributed by atoms with E-state index in [-0.39, 0.29) is 5.91 Å². The number of carbonyl (C=O) groups excluding carboxylic acids is 1. The molecule has 1 aromatic carbocycles. The highest BCUT2D eigenvalue weighted by Crippen LogP contribution is 2.23. The first-order valence-electron chi connectivity index (χ1n) is 7.67. The van der Waals surface area contributed by atoms with Crippen LogP contribution in [0.15, 0.2) is 55.8 Å². The van der Waals surface area contributed by atoms with Crippen molar-refractivity contribution in [3.63, 3.8) is 0 Å². The Kier molecular flexibility index (Phi) is 5.21. The Bertz CT molecular complexity index is 672. The lowest BCUT2D eigenvalue weighted by Crippen LogP contribution is -2.31. The van der Waals surface area contributed by atoms with E-state index in [9.17, 15) is 4.79 Å². The molecule has 0 N–H and O–H groups in total. The van der Waals surface area contributed by atoms with Crippen LogP contribution in [0.25, 0.3) is 10.9 Å². The molecule has 0 unspecified atom stereocenters. The minimum atomic E-state index is 0.0264. The number of benzene rings is 1. The van der Waals surface area contributed by atoms with Gasteiger partial charge in [0.15, 0.2) is 0 Å². The molecule has 2 rings (SSSR count). The van der Waals surface area contributed by atoms with E-state index in [1.165, 1.54) is 0 Å². The lowest BCUT2D eigenvalue weighted by Gasteiger charge is -2.18. The molecular weight excluding hydrogens is 272 g/mol. The predicted molar refractivity (Wildman–Crippen MR) is 93.1 cm³/mol. The Morgan fingerprint density at radius 1 is 1.23 bits per heavy atom. The van der Waals surface area contributed by atoms with E-state index in [0.717, 1.165) is 23.0 Å². The van der Waals surface area contributed by atoms with Crippen molar-refractivity contribution < 1.29 is 4.79 Å². The van der Waals surface area contributed by atoms with Gasteiger partial charge < -0.3 is 9.47 Å². The van der Waals surface area contributed by atoms with Crippen molar-refractivity contribution in [2.45, 2.75) is 20.4 Å². The number of hydrogen-bond acceptors (Lipinski definition) is 1. The number of amides is 1. The Morgan fingerprint density at radius 2 is 1.86 bits per heavy atom. The van der Waals surface area contributed by atoms with Crippen LogP contribution in [-0.4, -0.2) is 28.5 Å². The summed E-state index contributed by atoms with van der Waals surface area (Å²) in [7, 11) is 0. The van der Waals surface area contributed by atoms with Crippen molar-refractivity contribution in [2.75, 3.05) is 13.1 Å². The summed E-state index contributed by atoms with van der Waals surface area (Å²) in [4.78, 5) is 14.6. The maximum atomic E-state index is 12.9. The third-order valence-electron chi connectivity index (χ3n) is 3.57. The van der Waals surface area contributed by atoms with Crippen molar-refractivity contribution in [1.29, 1.82) is 0 Å². The molecule has 1 heterocycles. The SMILES string of the molecule is C=CCN(CC=C)C(=O)c1cn(CC(C)C)c2ccccc12. The van der Waals surface area contributed by atoms with Gasteiger partial charge in [0.05, 0.1) is 5.56 Å². The van der Waals surface area contributed by atoms with Crippen LogP contribution in [-0.2, 0) is 6.54 Å². The molecule has 3 nitrogen and oxygen atoms in total. The molecule has 1 amide bonds. The summed E-state index contributed by atoms with van der Waals surface area (Å²) in [5, 5.41) is 1.01. The summed E-state index contributed by atoms with van der Waals surface area (Å²) in [5.41, 5.74) is 1.86. The number of rotatable bonds is 7. The molecule has 2 aromatic rings. The molecule has 0 radical (unpaired) electrons. The average Bonchev–Trinajstić information content (AvgIpc) is 2.85. The smallest absolute Gasteiger partial charge is 0.256 e. The highest BCUT2D eigenvalue weighted by Gasteiger charge is 2.19. The molecule has 116 valence electrons. The molecule has 0 spiro atoms. The standard InChI is InChI=1S/C19H24N2O/c1-5-11-20(12-6-2)19(22)17-14-21(13-15(3)4)18-10-8-7-9-16(17)18/h5-10,14-15H,1-2,11-13H2,3-4H3. The zero-order chi connectivity index (χ0) is 16.1. The van der Waals surface area contributed by atoms with Gasteiger partial charge in [0.25, 0.3) is 5.91 Å². The molecule has 0 fully saturated rings. The molecule has 0 aliphatic rings. The average molecular weight is 296 g/mol. The van der Waals surface area contributed by atoms with Crippen LogP contribution in [0.4, 0.5) is 0 Å². The maximum Gasteiger partial charge on any atom is 0.256 e. The van der Waals surface area contributed by atoms with E-state index in [0.29, 0.717) is 19.0 Å². The van der Waals surface area contributed by atoms with Gasteiger partial charge in [-0.2, -0.15) is 0 Å². The van der Waals surface area contributed by atoms with Gasteiger partial charge in [0.2, 0.25) is 0 Å².